The first-order valence-corrected chi connectivity index (χ1v) is 6.31. The molecule has 1 N–H and O–H groups in total. The van der Waals surface area contributed by atoms with Crippen molar-refractivity contribution in [2.24, 2.45) is 5.92 Å². The van der Waals surface area contributed by atoms with Crippen LogP contribution in [-0.2, 0) is 11.3 Å². The van der Waals surface area contributed by atoms with E-state index in [0.717, 1.165) is 6.42 Å². The Morgan fingerprint density at radius 3 is 2.55 bits per heavy atom. The van der Waals surface area contributed by atoms with E-state index in [0.29, 0.717) is 18.3 Å². The van der Waals surface area contributed by atoms with Crippen molar-refractivity contribution in [3.8, 4) is 5.88 Å². The summed E-state index contributed by atoms with van der Waals surface area (Å²) < 4.78 is 9.92. The molecule has 1 heterocycles. The predicted molar refractivity (Wildman–Crippen MR) is 73.9 cm³/mol. The van der Waals surface area contributed by atoms with Gasteiger partial charge in [-0.2, -0.15) is 4.98 Å². The van der Waals surface area contributed by atoms with Gasteiger partial charge >= 0.3 is 5.69 Å². The molecule has 1 aromatic heterocycles. The zero-order chi connectivity index (χ0) is 15.1. The van der Waals surface area contributed by atoms with Gasteiger partial charge in [0.2, 0.25) is 5.82 Å². The van der Waals surface area contributed by atoms with E-state index in [1.54, 1.807) is 0 Å². The Morgan fingerprint density at radius 1 is 1.35 bits per heavy atom. The highest BCUT2D eigenvalue weighted by Crippen LogP contribution is 2.31. The minimum absolute atomic E-state index is 0.0657. The molecule has 0 aromatic carbocycles. The van der Waals surface area contributed by atoms with E-state index in [1.165, 1.54) is 14.2 Å². The van der Waals surface area contributed by atoms with Crippen LogP contribution in [0.4, 0.5) is 11.5 Å². The first-order valence-electron chi connectivity index (χ1n) is 6.31. The number of methoxy groups -OCH3 is 2. The van der Waals surface area contributed by atoms with Gasteiger partial charge in [0.1, 0.15) is 6.61 Å². The molecule has 20 heavy (non-hydrogen) atoms. The molecular weight excluding hydrogens is 264 g/mol. The molecule has 0 atom stereocenters. The van der Waals surface area contributed by atoms with Crippen molar-refractivity contribution in [2.75, 3.05) is 26.1 Å². The van der Waals surface area contributed by atoms with E-state index in [4.69, 9.17) is 9.47 Å². The molecule has 8 nitrogen and oxygen atoms in total. The van der Waals surface area contributed by atoms with Crippen molar-refractivity contribution < 1.29 is 14.4 Å². The molecule has 1 aromatic rings. The Bertz CT molecular complexity index is 465. The molecule has 0 aliphatic heterocycles. The Morgan fingerprint density at radius 2 is 2.05 bits per heavy atom. The van der Waals surface area contributed by atoms with Crippen LogP contribution >= 0.6 is 0 Å². The van der Waals surface area contributed by atoms with Crippen molar-refractivity contribution in [1.29, 1.82) is 0 Å². The second kappa shape index (κ2) is 7.59. The average Bonchev–Trinajstić information content (AvgIpc) is 2.37. The fourth-order valence-corrected chi connectivity index (χ4v) is 1.58. The number of hydrogen-bond donors (Lipinski definition) is 1. The average molecular weight is 284 g/mol. The molecule has 0 fully saturated rings. The molecule has 0 amide bonds. The van der Waals surface area contributed by atoms with Gasteiger partial charge in [0.15, 0.2) is 5.82 Å². The van der Waals surface area contributed by atoms with Crippen LogP contribution in [0.15, 0.2) is 0 Å². The second-order valence-electron chi connectivity index (χ2n) is 4.65. The molecule has 0 saturated carbocycles. The van der Waals surface area contributed by atoms with E-state index in [-0.39, 0.29) is 24.0 Å². The Balaban J connectivity index is 3.08. The summed E-state index contributed by atoms with van der Waals surface area (Å²) in [5, 5.41) is 14.1. The largest absolute Gasteiger partial charge is 0.476 e. The summed E-state index contributed by atoms with van der Waals surface area (Å²) in [4.78, 5) is 18.7. The van der Waals surface area contributed by atoms with Gasteiger partial charge in [0, 0.05) is 13.7 Å². The van der Waals surface area contributed by atoms with Crippen molar-refractivity contribution in [1.82, 2.24) is 9.97 Å². The van der Waals surface area contributed by atoms with E-state index in [2.05, 4.69) is 29.1 Å². The summed E-state index contributed by atoms with van der Waals surface area (Å²) in [5.41, 5.74) is -0.254. The van der Waals surface area contributed by atoms with Gasteiger partial charge in [-0.3, -0.25) is 10.1 Å². The molecule has 0 aliphatic carbocycles. The summed E-state index contributed by atoms with van der Waals surface area (Å²) in [7, 11) is 2.84. The van der Waals surface area contributed by atoms with Gasteiger partial charge in [0.25, 0.3) is 5.88 Å². The topological polar surface area (TPSA) is 99.4 Å². The number of nitro groups is 1. The Kier molecular flexibility index (Phi) is 6.10. The maximum absolute atomic E-state index is 11.1. The highest BCUT2D eigenvalue weighted by Gasteiger charge is 2.25. The standard InChI is InChI=1S/C12H20N4O4/c1-8(2)5-6-13-11-10(16(17)18)12(20-4)15-9(14-11)7-19-3/h8H,5-7H2,1-4H3,(H,13,14,15). The minimum atomic E-state index is -0.548. The maximum Gasteiger partial charge on any atom is 0.372 e. The Hall–Kier alpha value is -1.96. The summed E-state index contributed by atoms with van der Waals surface area (Å²) in [5.74, 6) is 0.921. The van der Waals surface area contributed by atoms with Crippen molar-refractivity contribution >= 4 is 11.5 Å². The lowest BCUT2D eigenvalue weighted by molar-refractivity contribution is -0.385. The van der Waals surface area contributed by atoms with Crippen LogP contribution in [0.5, 0.6) is 5.88 Å². The van der Waals surface area contributed by atoms with E-state index >= 15 is 0 Å². The van der Waals surface area contributed by atoms with Gasteiger partial charge in [-0.25, -0.2) is 4.98 Å². The minimum Gasteiger partial charge on any atom is -0.476 e. The summed E-state index contributed by atoms with van der Waals surface area (Å²) in [6.07, 6.45) is 0.878. The van der Waals surface area contributed by atoms with Crippen LogP contribution in [0.2, 0.25) is 0 Å². The number of nitrogens with one attached hydrogen (secondary N) is 1. The third-order valence-corrected chi connectivity index (χ3v) is 2.56. The highest BCUT2D eigenvalue weighted by atomic mass is 16.6. The first kappa shape index (κ1) is 16.1. The van der Waals surface area contributed by atoms with Crippen molar-refractivity contribution in [3.05, 3.63) is 15.9 Å². The SMILES string of the molecule is COCc1nc(NCCC(C)C)c([N+](=O)[O-])c(OC)n1. The quantitative estimate of drug-likeness (QED) is 0.575. The molecule has 0 radical (unpaired) electrons. The fraction of sp³-hybridized carbons (Fsp3) is 0.667. The number of hydrogen-bond acceptors (Lipinski definition) is 7. The number of ether oxygens (including phenoxy) is 2. The smallest absolute Gasteiger partial charge is 0.372 e. The number of rotatable bonds is 8. The van der Waals surface area contributed by atoms with E-state index in [1.807, 2.05) is 0 Å². The summed E-state index contributed by atoms with van der Waals surface area (Å²) in [6, 6.07) is 0. The maximum atomic E-state index is 11.1. The lowest BCUT2D eigenvalue weighted by Crippen LogP contribution is -2.12. The monoisotopic (exact) mass is 284 g/mol. The molecule has 0 aliphatic rings. The Labute approximate surface area is 117 Å². The first-order chi connectivity index (χ1) is 9.49. The van der Waals surface area contributed by atoms with Crippen LogP contribution < -0.4 is 10.1 Å². The third kappa shape index (κ3) is 4.30. The van der Waals surface area contributed by atoms with Crippen LogP contribution in [0.1, 0.15) is 26.1 Å². The van der Waals surface area contributed by atoms with Crippen molar-refractivity contribution in [3.63, 3.8) is 0 Å². The van der Waals surface area contributed by atoms with Gasteiger partial charge < -0.3 is 14.8 Å². The van der Waals surface area contributed by atoms with Gasteiger partial charge in [0.05, 0.1) is 12.0 Å². The fourth-order valence-electron chi connectivity index (χ4n) is 1.58. The molecule has 0 saturated heterocycles. The molecular formula is C12H20N4O4. The predicted octanol–water partition coefficient (Wildman–Crippen LogP) is 2.00. The zero-order valence-electron chi connectivity index (χ0n) is 12.2. The van der Waals surface area contributed by atoms with Crippen LogP contribution in [0.3, 0.4) is 0 Å². The lowest BCUT2D eigenvalue weighted by Gasteiger charge is -2.11. The van der Waals surface area contributed by atoms with Crippen LogP contribution in [0, 0.1) is 16.0 Å². The molecule has 0 bridgehead atoms. The third-order valence-electron chi connectivity index (χ3n) is 2.56. The highest BCUT2D eigenvalue weighted by molar-refractivity contribution is 5.61. The van der Waals surface area contributed by atoms with E-state index in [9.17, 15) is 10.1 Å². The number of aromatic nitrogens is 2. The zero-order valence-corrected chi connectivity index (χ0v) is 12.2. The van der Waals surface area contributed by atoms with Gasteiger partial charge in [-0.05, 0) is 12.3 Å². The number of nitrogens with zero attached hydrogens (tertiary/aromatic N) is 3. The van der Waals surface area contributed by atoms with Crippen molar-refractivity contribution in [2.45, 2.75) is 26.9 Å². The molecule has 8 heteroatoms. The summed E-state index contributed by atoms with van der Waals surface area (Å²) >= 11 is 0. The summed E-state index contributed by atoms with van der Waals surface area (Å²) in [6.45, 7) is 4.90. The molecule has 112 valence electrons. The van der Waals surface area contributed by atoms with Crippen LogP contribution in [0.25, 0.3) is 0 Å². The second-order valence-corrected chi connectivity index (χ2v) is 4.65. The molecule has 0 spiro atoms. The normalized spacial score (nSPS) is 10.7. The molecule has 0 unspecified atom stereocenters. The van der Waals surface area contributed by atoms with E-state index < -0.39 is 4.92 Å². The van der Waals surface area contributed by atoms with Gasteiger partial charge in [-0.1, -0.05) is 13.8 Å². The molecule has 1 rings (SSSR count). The van der Waals surface area contributed by atoms with Gasteiger partial charge in [-0.15, -0.1) is 0 Å². The van der Waals surface area contributed by atoms with Crippen LogP contribution in [-0.4, -0.2) is 35.7 Å². The lowest BCUT2D eigenvalue weighted by atomic mass is 10.1. The number of anilines is 1.